The number of carbonyl (C=O) groups excluding carboxylic acids is 1. The van der Waals surface area contributed by atoms with Gasteiger partial charge in [0, 0.05) is 24.5 Å². The van der Waals surface area contributed by atoms with Crippen LogP contribution >= 0.6 is 11.3 Å². The minimum absolute atomic E-state index is 0.0416. The molecule has 0 saturated carbocycles. The van der Waals surface area contributed by atoms with Gasteiger partial charge in [-0.2, -0.15) is 0 Å². The molecule has 2 N–H and O–H groups in total. The Morgan fingerprint density at radius 2 is 1.80 bits per heavy atom. The molecule has 0 aliphatic carbocycles. The third-order valence-corrected chi connectivity index (χ3v) is 4.46. The summed E-state index contributed by atoms with van der Waals surface area (Å²) in [5.74, 6) is -0.0416. The van der Waals surface area contributed by atoms with Gasteiger partial charge in [0.05, 0.1) is 10.6 Å². The first kappa shape index (κ1) is 14.6. The Kier molecular flexibility index (Phi) is 3.86. The Hall–Kier alpha value is -1.81. The first-order valence-electron chi connectivity index (χ1n) is 6.51. The smallest absolute Gasteiger partial charge is 0.256 e. The normalized spacial score (nSPS) is 10.7. The number of amides is 1. The Morgan fingerprint density at radius 1 is 1.15 bits per heavy atom. The van der Waals surface area contributed by atoms with E-state index in [2.05, 4.69) is 32.0 Å². The first-order chi connectivity index (χ1) is 9.32. The molecule has 0 radical (unpaired) electrons. The fourth-order valence-corrected chi connectivity index (χ4v) is 3.19. The summed E-state index contributed by atoms with van der Waals surface area (Å²) in [6.07, 6.45) is 0. The average Bonchev–Trinajstić information content (AvgIpc) is 2.66. The molecule has 1 aromatic heterocycles. The van der Waals surface area contributed by atoms with Crippen LogP contribution in [0.4, 0.5) is 5.00 Å². The van der Waals surface area contributed by atoms with Crippen molar-refractivity contribution < 1.29 is 4.79 Å². The van der Waals surface area contributed by atoms with E-state index in [0.29, 0.717) is 10.6 Å². The second kappa shape index (κ2) is 5.29. The largest absolute Gasteiger partial charge is 0.390 e. The lowest BCUT2D eigenvalue weighted by molar-refractivity contribution is 0.0829. The van der Waals surface area contributed by atoms with Gasteiger partial charge in [0.1, 0.15) is 0 Å². The van der Waals surface area contributed by atoms with Crippen LogP contribution in [0.1, 0.15) is 26.4 Å². The molecule has 1 amide bonds. The zero-order chi connectivity index (χ0) is 15.0. The number of nitrogens with two attached hydrogens (primary N) is 1. The van der Waals surface area contributed by atoms with Crippen molar-refractivity contribution in [2.24, 2.45) is 0 Å². The van der Waals surface area contributed by atoms with E-state index in [1.165, 1.54) is 22.5 Å². The molecular weight excluding hydrogens is 268 g/mol. The third-order valence-electron chi connectivity index (χ3n) is 3.53. The number of nitrogen functional groups attached to an aromatic ring is 1. The number of thiophene rings is 1. The summed E-state index contributed by atoms with van der Waals surface area (Å²) in [5, 5.41) is 0.592. The molecule has 0 unspecified atom stereocenters. The van der Waals surface area contributed by atoms with Gasteiger partial charge in [0.2, 0.25) is 0 Å². The van der Waals surface area contributed by atoms with Gasteiger partial charge in [-0.1, -0.05) is 18.2 Å². The van der Waals surface area contributed by atoms with Gasteiger partial charge in [-0.3, -0.25) is 4.79 Å². The highest BCUT2D eigenvalue weighted by Gasteiger charge is 2.23. The zero-order valence-electron chi connectivity index (χ0n) is 12.6. The van der Waals surface area contributed by atoms with Gasteiger partial charge in [-0.25, -0.2) is 0 Å². The number of carbonyl (C=O) groups is 1. The minimum Gasteiger partial charge on any atom is -0.390 e. The predicted octanol–water partition coefficient (Wildman–Crippen LogP) is 3.62. The van der Waals surface area contributed by atoms with E-state index in [0.717, 1.165) is 16.0 Å². The number of anilines is 1. The molecule has 0 saturated heterocycles. The quantitative estimate of drug-likeness (QED) is 0.917. The number of aryl methyl sites for hydroxylation is 3. The summed E-state index contributed by atoms with van der Waals surface area (Å²) in [6.45, 7) is 6.18. The number of benzene rings is 1. The molecule has 3 nitrogen and oxygen atoms in total. The Labute approximate surface area is 124 Å². The van der Waals surface area contributed by atoms with Gasteiger partial charge in [0.25, 0.3) is 5.91 Å². The highest BCUT2D eigenvalue weighted by atomic mass is 32.1. The number of nitrogens with zero attached hydrogens (tertiary/aromatic N) is 1. The summed E-state index contributed by atoms with van der Waals surface area (Å²) in [7, 11) is 3.50. The number of hydrogen-bond donors (Lipinski definition) is 1. The maximum absolute atomic E-state index is 12.4. The Bertz CT molecular complexity index is 671. The lowest BCUT2D eigenvalue weighted by Crippen LogP contribution is -2.22. The van der Waals surface area contributed by atoms with Crippen LogP contribution in [-0.4, -0.2) is 24.9 Å². The van der Waals surface area contributed by atoms with Crippen LogP contribution in [0.3, 0.4) is 0 Å². The van der Waals surface area contributed by atoms with E-state index in [1.54, 1.807) is 19.0 Å². The molecule has 2 aromatic rings. The number of hydrogen-bond acceptors (Lipinski definition) is 3. The minimum atomic E-state index is -0.0416. The summed E-state index contributed by atoms with van der Waals surface area (Å²) < 4.78 is 0. The second-order valence-electron chi connectivity index (χ2n) is 5.27. The lowest BCUT2D eigenvalue weighted by atomic mass is 9.97. The van der Waals surface area contributed by atoms with Crippen LogP contribution in [0.5, 0.6) is 0 Å². The van der Waals surface area contributed by atoms with E-state index in [4.69, 9.17) is 5.73 Å². The molecular formula is C16H20N2OS. The Morgan fingerprint density at radius 3 is 2.35 bits per heavy atom. The molecule has 0 bridgehead atoms. The standard InChI is InChI=1S/C16H20N2OS/c1-9-6-7-12(8-10(9)2)13-11(3)20-15(17)14(13)16(19)18(4)5/h6-8H,17H2,1-5H3. The van der Waals surface area contributed by atoms with Crippen molar-refractivity contribution in [2.75, 3.05) is 19.8 Å². The molecule has 0 aliphatic rings. The van der Waals surface area contributed by atoms with Crippen molar-refractivity contribution >= 4 is 22.2 Å². The van der Waals surface area contributed by atoms with Crippen molar-refractivity contribution in [3.8, 4) is 11.1 Å². The highest BCUT2D eigenvalue weighted by molar-refractivity contribution is 7.16. The molecule has 4 heteroatoms. The third kappa shape index (κ3) is 2.43. The van der Waals surface area contributed by atoms with Gasteiger partial charge in [-0.15, -0.1) is 11.3 Å². The highest BCUT2D eigenvalue weighted by Crippen LogP contribution is 2.39. The monoisotopic (exact) mass is 288 g/mol. The first-order valence-corrected chi connectivity index (χ1v) is 7.32. The fraction of sp³-hybridized carbons (Fsp3) is 0.312. The summed E-state index contributed by atoms with van der Waals surface area (Å²) in [4.78, 5) is 15.0. The van der Waals surface area contributed by atoms with Crippen LogP contribution in [0.25, 0.3) is 11.1 Å². The van der Waals surface area contributed by atoms with Crippen LogP contribution in [0.2, 0.25) is 0 Å². The lowest BCUT2D eigenvalue weighted by Gasteiger charge is -2.13. The molecule has 0 aliphatic heterocycles. The van der Waals surface area contributed by atoms with Crippen molar-refractivity contribution in [2.45, 2.75) is 20.8 Å². The molecule has 0 atom stereocenters. The van der Waals surface area contributed by atoms with E-state index >= 15 is 0 Å². The van der Waals surface area contributed by atoms with Crippen LogP contribution in [0.15, 0.2) is 18.2 Å². The van der Waals surface area contributed by atoms with Crippen molar-refractivity contribution in [3.05, 3.63) is 39.8 Å². The summed E-state index contributed by atoms with van der Waals surface area (Å²) in [5.41, 5.74) is 11.2. The summed E-state index contributed by atoms with van der Waals surface area (Å²) in [6, 6.07) is 6.27. The van der Waals surface area contributed by atoms with Gasteiger partial charge in [0.15, 0.2) is 0 Å². The Balaban J connectivity index is 2.67. The van der Waals surface area contributed by atoms with Crippen LogP contribution in [-0.2, 0) is 0 Å². The molecule has 1 heterocycles. The molecule has 20 heavy (non-hydrogen) atoms. The van der Waals surface area contributed by atoms with Gasteiger partial charge in [-0.05, 0) is 37.5 Å². The van der Waals surface area contributed by atoms with Crippen LogP contribution in [0, 0.1) is 20.8 Å². The van der Waals surface area contributed by atoms with E-state index in [1.807, 2.05) is 6.92 Å². The SMILES string of the molecule is Cc1ccc(-c2c(C)sc(N)c2C(=O)N(C)C)cc1C. The molecule has 0 spiro atoms. The average molecular weight is 288 g/mol. The maximum Gasteiger partial charge on any atom is 0.256 e. The van der Waals surface area contributed by atoms with E-state index in [9.17, 15) is 4.79 Å². The van der Waals surface area contributed by atoms with Gasteiger partial charge < -0.3 is 10.6 Å². The topological polar surface area (TPSA) is 46.3 Å². The zero-order valence-corrected chi connectivity index (χ0v) is 13.4. The number of rotatable bonds is 2. The van der Waals surface area contributed by atoms with E-state index in [-0.39, 0.29) is 5.91 Å². The molecule has 1 aromatic carbocycles. The fourth-order valence-electron chi connectivity index (χ4n) is 2.25. The molecule has 0 fully saturated rings. The summed E-state index contributed by atoms with van der Waals surface area (Å²) >= 11 is 1.48. The molecule has 106 valence electrons. The van der Waals surface area contributed by atoms with E-state index < -0.39 is 0 Å². The van der Waals surface area contributed by atoms with Crippen molar-refractivity contribution in [3.63, 3.8) is 0 Å². The maximum atomic E-state index is 12.4. The van der Waals surface area contributed by atoms with Gasteiger partial charge >= 0.3 is 0 Å². The van der Waals surface area contributed by atoms with Crippen LogP contribution < -0.4 is 5.73 Å². The van der Waals surface area contributed by atoms with Crippen molar-refractivity contribution in [1.29, 1.82) is 0 Å². The second-order valence-corrected chi connectivity index (χ2v) is 6.53. The predicted molar refractivity (Wildman–Crippen MR) is 86.4 cm³/mol. The molecule has 2 rings (SSSR count). The van der Waals surface area contributed by atoms with Crippen molar-refractivity contribution in [1.82, 2.24) is 4.90 Å².